The number of hydrogen-bond donors (Lipinski definition) is 1. The first-order valence-corrected chi connectivity index (χ1v) is 8.42. The highest BCUT2D eigenvalue weighted by atomic mass is 79.9. The number of aryl methyl sites for hydroxylation is 1. The van der Waals surface area contributed by atoms with Crippen LogP contribution in [-0.2, 0) is 4.74 Å². The van der Waals surface area contributed by atoms with Crippen LogP contribution in [0.5, 0.6) is 0 Å². The van der Waals surface area contributed by atoms with Crippen molar-refractivity contribution in [3.63, 3.8) is 0 Å². The SMILES string of the molecule is CCOC(=O)c1ccc(C(=O)Nc2cc(Br)ccc2Br)nc1C. The van der Waals surface area contributed by atoms with Crippen LogP contribution in [0.25, 0.3) is 0 Å². The van der Waals surface area contributed by atoms with Crippen molar-refractivity contribution >= 4 is 49.4 Å². The van der Waals surface area contributed by atoms with Gasteiger partial charge < -0.3 is 10.1 Å². The molecule has 7 heteroatoms. The van der Waals surface area contributed by atoms with Crippen LogP contribution < -0.4 is 5.32 Å². The first-order valence-electron chi connectivity index (χ1n) is 6.83. The summed E-state index contributed by atoms with van der Waals surface area (Å²) in [5.74, 6) is -0.804. The summed E-state index contributed by atoms with van der Waals surface area (Å²) in [7, 11) is 0. The fourth-order valence-corrected chi connectivity index (χ4v) is 2.60. The average molecular weight is 442 g/mol. The molecule has 0 spiro atoms. The van der Waals surface area contributed by atoms with Crippen LogP contribution >= 0.6 is 31.9 Å². The molecule has 2 aromatic rings. The minimum absolute atomic E-state index is 0.224. The number of amides is 1. The molecule has 120 valence electrons. The third kappa shape index (κ3) is 4.39. The summed E-state index contributed by atoms with van der Waals surface area (Å²) in [5.41, 5.74) is 1.65. The summed E-state index contributed by atoms with van der Waals surface area (Å²) in [5, 5.41) is 2.77. The Morgan fingerprint density at radius 3 is 2.61 bits per heavy atom. The Bertz CT molecular complexity index is 763. The molecule has 1 aromatic carbocycles. The zero-order chi connectivity index (χ0) is 17.0. The third-order valence-electron chi connectivity index (χ3n) is 2.99. The number of halogens is 2. The molecule has 0 unspecified atom stereocenters. The fraction of sp³-hybridized carbons (Fsp3) is 0.188. The lowest BCUT2D eigenvalue weighted by Gasteiger charge is -2.09. The average Bonchev–Trinajstić information content (AvgIpc) is 2.51. The lowest BCUT2D eigenvalue weighted by Crippen LogP contribution is -2.16. The smallest absolute Gasteiger partial charge is 0.339 e. The second kappa shape index (κ2) is 7.70. The summed E-state index contributed by atoms with van der Waals surface area (Å²) in [4.78, 5) is 28.2. The van der Waals surface area contributed by atoms with E-state index in [4.69, 9.17) is 4.74 Å². The molecule has 0 atom stereocenters. The van der Waals surface area contributed by atoms with E-state index >= 15 is 0 Å². The first kappa shape index (κ1) is 17.6. The van der Waals surface area contributed by atoms with Gasteiger partial charge in [-0.25, -0.2) is 9.78 Å². The van der Waals surface area contributed by atoms with Crippen molar-refractivity contribution in [1.29, 1.82) is 0 Å². The van der Waals surface area contributed by atoms with E-state index in [2.05, 4.69) is 42.2 Å². The first-order chi connectivity index (χ1) is 10.9. The van der Waals surface area contributed by atoms with Crippen molar-refractivity contribution in [2.45, 2.75) is 13.8 Å². The molecule has 2 rings (SSSR count). The van der Waals surface area contributed by atoms with Crippen molar-refractivity contribution < 1.29 is 14.3 Å². The maximum atomic E-state index is 12.3. The van der Waals surface area contributed by atoms with Gasteiger partial charge in [0.2, 0.25) is 0 Å². The number of rotatable bonds is 4. The second-order valence-electron chi connectivity index (χ2n) is 4.63. The van der Waals surface area contributed by atoms with E-state index in [1.807, 2.05) is 12.1 Å². The Balaban J connectivity index is 2.22. The Hall–Kier alpha value is -1.73. The number of nitrogens with zero attached hydrogens (tertiary/aromatic N) is 1. The number of nitrogens with one attached hydrogen (secondary N) is 1. The Labute approximate surface area is 150 Å². The lowest BCUT2D eigenvalue weighted by molar-refractivity contribution is 0.0524. The van der Waals surface area contributed by atoms with Gasteiger partial charge in [0.1, 0.15) is 5.69 Å². The van der Waals surface area contributed by atoms with Gasteiger partial charge in [-0.3, -0.25) is 4.79 Å². The van der Waals surface area contributed by atoms with Crippen molar-refractivity contribution in [3.8, 4) is 0 Å². The number of ether oxygens (including phenoxy) is 1. The Morgan fingerprint density at radius 1 is 1.22 bits per heavy atom. The summed E-state index contributed by atoms with van der Waals surface area (Å²) >= 11 is 6.73. The molecular formula is C16H14Br2N2O3. The normalized spacial score (nSPS) is 10.3. The number of esters is 1. The predicted octanol–water partition coefficient (Wildman–Crippen LogP) is 4.34. The van der Waals surface area contributed by atoms with Crippen LogP contribution in [0.3, 0.4) is 0 Å². The Morgan fingerprint density at radius 2 is 1.96 bits per heavy atom. The van der Waals surface area contributed by atoms with Crippen LogP contribution in [0, 0.1) is 6.92 Å². The molecule has 0 saturated heterocycles. The molecule has 0 fully saturated rings. The standard InChI is InChI=1S/C16H14Br2N2O3/c1-3-23-16(22)11-5-7-13(19-9(11)2)15(21)20-14-8-10(17)4-6-12(14)18/h4-8H,3H2,1-2H3,(H,20,21). The van der Waals surface area contributed by atoms with Crippen LogP contribution in [0.15, 0.2) is 39.3 Å². The van der Waals surface area contributed by atoms with Crippen molar-refractivity contribution in [2.24, 2.45) is 0 Å². The molecule has 0 aliphatic carbocycles. The number of pyridine rings is 1. The van der Waals surface area contributed by atoms with Gasteiger partial charge in [-0.15, -0.1) is 0 Å². The van der Waals surface area contributed by atoms with Crippen LogP contribution in [0.2, 0.25) is 0 Å². The monoisotopic (exact) mass is 440 g/mol. The van der Waals surface area contributed by atoms with Crippen LogP contribution in [0.4, 0.5) is 5.69 Å². The molecular weight excluding hydrogens is 428 g/mol. The zero-order valence-corrected chi connectivity index (χ0v) is 15.7. The van der Waals surface area contributed by atoms with E-state index in [9.17, 15) is 9.59 Å². The number of anilines is 1. The predicted molar refractivity (Wildman–Crippen MR) is 94.7 cm³/mol. The molecule has 1 heterocycles. The van der Waals surface area contributed by atoms with Crippen molar-refractivity contribution in [2.75, 3.05) is 11.9 Å². The zero-order valence-electron chi connectivity index (χ0n) is 12.5. The van der Waals surface area contributed by atoms with Crippen LogP contribution in [-0.4, -0.2) is 23.5 Å². The van der Waals surface area contributed by atoms with E-state index in [1.54, 1.807) is 26.0 Å². The van der Waals surface area contributed by atoms with Gasteiger partial charge in [0.15, 0.2) is 0 Å². The molecule has 0 saturated carbocycles. The molecule has 1 aromatic heterocycles. The summed E-state index contributed by atoms with van der Waals surface area (Å²) in [6.07, 6.45) is 0. The van der Waals surface area contributed by atoms with E-state index in [0.29, 0.717) is 16.9 Å². The van der Waals surface area contributed by atoms with Gasteiger partial charge in [0.05, 0.1) is 23.6 Å². The number of carbonyl (C=O) groups excluding carboxylic acids is 2. The van der Waals surface area contributed by atoms with Gasteiger partial charge in [-0.05, 0) is 60.1 Å². The molecule has 0 aliphatic heterocycles. The topological polar surface area (TPSA) is 68.3 Å². The number of benzene rings is 1. The van der Waals surface area contributed by atoms with E-state index in [0.717, 1.165) is 8.95 Å². The number of hydrogen-bond acceptors (Lipinski definition) is 4. The van der Waals surface area contributed by atoms with E-state index in [1.165, 1.54) is 6.07 Å². The highest BCUT2D eigenvalue weighted by Crippen LogP contribution is 2.26. The minimum Gasteiger partial charge on any atom is -0.462 e. The number of carbonyl (C=O) groups is 2. The molecule has 5 nitrogen and oxygen atoms in total. The summed E-state index contributed by atoms with van der Waals surface area (Å²) in [6, 6.07) is 8.51. The highest BCUT2D eigenvalue weighted by Gasteiger charge is 2.15. The minimum atomic E-state index is -0.445. The van der Waals surface area contributed by atoms with E-state index in [-0.39, 0.29) is 18.2 Å². The van der Waals surface area contributed by atoms with Crippen molar-refractivity contribution in [3.05, 3.63) is 56.2 Å². The van der Waals surface area contributed by atoms with Crippen LogP contribution in [0.1, 0.15) is 33.5 Å². The van der Waals surface area contributed by atoms with Gasteiger partial charge in [-0.1, -0.05) is 15.9 Å². The van der Waals surface area contributed by atoms with Gasteiger partial charge in [0.25, 0.3) is 5.91 Å². The van der Waals surface area contributed by atoms with Gasteiger partial charge in [-0.2, -0.15) is 0 Å². The highest BCUT2D eigenvalue weighted by molar-refractivity contribution is 9.11. The Kier molecular flexibility index (Phi) is 5.90. The van der Waals surface area contributed by atoms with E-state index < -0.39 is 5.97 Å². The van der Waals surface area contributed by atoms with Crippen molar-refractivity contribution in [1.82, 2.24) is 4.98 Å². The largest absolute Gasteiger partial charge is 0.462 e. The summed E-state index contributed by atoms with van der Waals surface area (Å²) < 4.78 is 6.55. The molecule has 1 amide bonds. The van der Waals surface area contributed by atoms with Gasteiger partial charge in [0, 0.05) is 8.95 Å². The molecule has 0 aliphatic rings. The molecule has 0 radical (unpaired) electrons. The summed E-state index contributed by atoms with van der Waals surface area (Å²) in [6.45, 7) is 3.69. The molecule has 23 heavy (non-hydrogen) atoms. The second-order valence-corrected chi connectivity index (χ2v) is 6.40. The van der Waals surface area contributed by atoms with Gasteiger partial charge >= 0.3 is 5.97 Å². The maximum Gasteiger partial charge on any atom is 0.339 e. The third-order valence-corrected chi connectivity index (χ3v) is 4.18. The molecule has 0 bridgehead atoms. The maximum absolute atomic E-state index is 12.3. The molecule has 1 N–H and O–H groups in total. The lowest BCUT2D eigenvalue weighted by atomic mass is 10.2. The quantitative estimate of drug-likeness (QED) is 0.716. The number of aromatic nitrogens is 1. The fourth-order valence-electron chi connectivity index (χ4n) is 1.89.